The van der Waals surface area contributed by atoms with E-state index in [1.807, 2.05) is 0 Å². The van der Waals surface area contributed by atoms with Crippen molar-refractivity contribution in [2.24, 2.45) is 0 Å². The Balaban J connectivity index is 1.56. The molecule has 0 bridgehead atoms. The first kappa shape index (κ1) is 15.7. The van der Waals surface area contributed by atoms with Crippen LogP contribution >= 0.6 is 22.9 Å². The molecule has 124 valence electrons. The van der Waals surface area contributed by atoms with Gasteiger partial charge in [0.25, 0.3) is 5.56 Å². The normalized spacial score (nSPS) is 11.1. The van der Waals surface area contributed by atoms with E-state index in [1.54, 1.807) is 35.8 Å². The Morgan fingerprint density at radius 1 is 1.24 bits per heavy atom. The summed E-state index contributed by atoms with van der Waals surface area (Å²) in [4.78, 5) is 32.8. The molecule has 25 heavy (non-hydrogen) atoms. The van der Waals surface area contributed by atoms with Gasteiger partial charge in [-0.25, -0.2) is 14.8 Å². The molecule has 0 saturated carbocycles. The summed E-state index contributed by atoms with van der Waals surface area (Å²) in [5.41, 5.74) is 3.52. The Morgan fingerprint density at radius 3 is 3.00 bits per heavy atom. The molecule has 3 heterocycles. The predicted molar refractivity (Wildman–Crippen MR) is 95.2 cm³/mol. The van der Waals surface area contributed by atoms with Crippen LogP contribution in [0.4, 0.5) is 0 Å². The zero-order valence-corrected chi connectivity index (χ0v) is 14.3. The molecule has 0 saturated heterocycles. The number of hydrogen-bond donors (Lipinski definition) is 0. The van der Waals surface area contributed by atoms with Crippen molar-refractivity contribution in [3.8, 4) is 0 Å². The van der Waals surface area contributed by atoms with Crippen molar-refractivity contribution < 1.29 is 9.53 Å². The van der Waals surface area contributed by atoms with Crippen LogP contribution in [0.1, 0.15) is 16.1 Å². The van der Waals surface area contributed by atoms with Gasteiger partial charge in [0, 0.05) is 12.3 Å². The van der Waals surface area contributed by atoms with Crippen molar-refractivity contribution in [1.29, 1.82) is 0 Å². The zero-order valence-electron chi connectivity index (χ0n) is 12.7. The fourth-order valence-corrected chi connectivity index (χ4v) is 3.28. The lowest BCUT2D eigenvalue weighted by molar-refractivity contribution is 0.0468. The number of benzene rings is 1. The maximum absolute atomic E-state index is 12.2. The molecule has 6 nitrogen and oxygen atoms in total. The number of carbonyl (C=O) groups excluding carboxylic acids is 1. The van der Waals surface area contributed by atoms with Gasteiger partial charge >= 0.3 is 5.97 Å². The molecule has 0 amide bonds. The molecule has 0 N–H and O–H groups in total. The Kier molecular flexibility index (Phi) is 3.95. The first-order valence-electron chi connectivity index (χ1n) is 7.28. The average molecular weight is 372 g/mol. The van der Waals surface area contributed by atoms with E-state index in [0.29, 0.717) is 21.9 Å². The van der Waals surface area contributed by atoms with E-state index in [2.05, 4.69) is 9.97 Å². The van der Waals surface area contributed by atoms with Crippen LogP contribution in [0, 0.1) is 0 Å². The monoisotopic (exact) mass is 371 g/mol. The van der Waals surface area contributed by atoms with E-state index in [9.17, 15) is 9.59 Å². The van der Waals surface area contributed by atoms with Crippen LogP contribution in [0.5, 0.6) is 0 Å². The number of esters is 1. The lowest BCUT2D eigenvalue weighted by Gasteiger charge is -2.06. The number of ether oxygens (including phenoxy) is 1. The van der Waals surface area contributed by atoms with Gasteiger partial charge in [0.05, 0.1) is 32.0 Å². The molecule has 0 fully saturated rings. The number of nitrogens with zero attached hydrogens (tertiary/aromatic N) is 3. The third-order valence-corrected chi connectivity index (χ3v) is 4.61. The number of aromatic nitrogens is 3. The molecule has 0 aliphatic carbocycles. The standard InChI is InChI=1S/C17H10ClN3O3S/c18-11-2-4-15-20-12(6-16(22)21(15)7-11)8-24-17(23)10-1-3-13-14(5-10)25-9-19-13/h1-7,9H,8H2. The molecule has 0 radical (unpaired) electrons. The van der Waals surface area contributed by atoms with Crippen molar-refractivity contribution in [3.63, 3.8) is 0 Å². The number of halogens is 1. The summed E-state index contributed by atoms with van der Waals surface area (Å²) in [6.07, 6.45) is 1.49. The van der Waals surface area contributed by atoms with Crippen molar-refractivity contribution in [2.75, 3.05) is 0 Å². The van der Waals surface area contributed by atoms with Crippen LogP contribution in [0.2, 0.25) is 5.02 Å². The topological polar surface area (TPSA) is 73.6 Å². The second kappa shape index (κ2) is 6.27. The highest BCUT2D eigenvalue weighted by Crippen LogP contribution is 2.19. The molecule has 0 unspecified atom stereocenters. The van der Waals surface area contributed by atoms with Crippen molar-refractivity contribution in [3.05, 3.63) is 74.7 Å². The molecule has 4 aromatic rings. The minimum atomic E-state index is -0.478. The fourth-order valence-electron chi connectivity index (χ4n) is 2.40. The summed E-state index contributed by atoms with van der Waals surface area (Å²) in [5.74, 6) is -0.478. The van der Waals surface area contributed by atoms with Crippen molar-refractivity contribution in [1.82, 2.24) is 14.4 Å². The van der Waals surface area contributed by atoms with E-state index >= 15 is 0 Å². The maximum atomic E-state index is 12.2. The summed E-state index contributed by atoms with van der Waals surface area (Å²) in [6, 6.07) is 9.76. The van der Waals surface area contributed by atoms with E-state index in [-0.39, 0.29) is 12.2 Å². The Hall–Kier alpha value is -2.77. The first-order chi connectivity index (χ1) is 12.1. The number of rotatable bonds is 3. The lowest BCUT2D eigenvalue weighted by Crippen LogP contribution is -2.16. The molecule has 0 spiro atoms. The van der Waals surface area contributed by atoms with Crippen LogP contribution in [0.25, 0.3) is 15.9 Å². The van der Waals surface area contributed by atoms with Crippen LogP contribution in [0.15, 0.2) is 52.9 Å². The van der Waals surface area contributed by atoms with Gasteiger partial charge in [-0.1, -0.05) is 11.6 Å². The van der Waals surface area contributed by atoms with E-state index in [0.717, 1.165) is 10.2 Å². The summed E-state index contributed by atoms with van der Waals surface area (Å²) >= 11 is 7.33. The maximum Gasteiger partial charge on any atom is 0.338 e. The summed E-state index contributed by atoms with van der Waals surface area (Å²) in [6.45, 7) is -0.0894. The SMILES string of the molecule is O=C(OCc1cc(=O)n2cc(Cl)ccc2n1)c1ccc2ncsc2c1. The van der Waals surface area contributed by atoms with Gasteiger partial charge in [-0.3, -0.25) is 9.20 Å². The summed E-state index contributed by atoms with van der Waals surface area (Å²) in [7, 11) is 0. The van der Waals surface area contributed by atoms with Crippen LogP contribution in [-0.2, 0) is 11.3 Å². The number of thiazole rings is 1. The van der Waals surface area contributed by atoms with Crippen LogP contribution in [0.3, 0.4) is 0 Å². The van der Waals surface area contributed by atoms with Gasteiger partial charge in [-0.05, 0) is 30.3 Å². The predicted octanol–water partition coefficient (Wildman–Crippen LogP) is 3.31. The van der Waals surface area contributed by atoms with Gasteiger partial charge in [0.2, 0.25) is 0 Å². The highest BCUT2D eigenvalue weighted by Gasteiger charge is 2.11. The third-order valence-electron chi connectivity index (χ3n) is 3.59. The second-order valence-electron chi connectivity index (χ2n) is 5.27. The minimum absolute atomic E-state index is 0.0894. The van der Waals surface area contributed by atoms with E-state index in [1.165, 1.54) is 28.0 Å². The minimum Gasteiger partial charge on any atom is -0.456 e. The molecular weight excluding hydrogens is 362 g/mol. The molecule has 4 rings (SSSR count). The smallest absolute Gasteiger partial charge is 0.338 e. The second-order valence-corrected chi connectivity index (χ2v) is 6.60. The zero-order chi connectivity index (χ0) is 17.4. The number of carbonyl (C=O) groups is 1. The molecule has 0 aliphatic rings. The molecule has 0 aliphatic heterocycles. The lowest BCUT2D eigenvalue weighted by atomic mass is 10.2. The van der Waals surface area contributed by atoms with E-state index in [4.69, 9.17) is 16.3 Å². The number of pyridine rings is 1. The largest absolute Gasteiger partial charge is 0.456 e. The molecule has 8 heteroatoms. The van der Waals surface area contributed by atoms with Gasteiger partial charge in [0.15, 0.2) is 0 Å². The van der Waals surface area contributed by atoms with Crippen molar-refractivity contribution in [2.45, 2.75) is 6.61 Å². The van der Waals surface area contributed by atoms with Gasteiger partial charge in [-0.15, -0.1) is 11.3 Å². The molecule has 1 aromatic carbocycles. The Labute approximate surface area is 150 Å². The van der Waals surface area contributed by atoms with Gasteiger partial charge < -0.3 is 4.74 Å². The van der Waals surface area contributed by atoms with Crippen molar-refractivity contribution >= 4 is 44.8 Å². The molecule has 0 atom stereocenters. The summed E-state index contributed by atoms with van der Waals surface area (Å²) < 4.78 is 7.53. The van der Waals surface area contributed by atoms with Crippen LogP contribution in [-0.4, -0.2) is 20.3 Å². The average Bonchev–Trinajstić information content (AvgIpc) is 3.08. The highest BCUT2D eigenvalue weighted by atomic mass is 35.5. The van der Waals surface area contributed by atoms with Gasteiger partial charge in [-0.2, -0.15) is 0 Å². The number of hydrogen-bond acceptors (Lipinski definition) is 6. The Bertz CT molecular complexity index is 1170. The molecule has 3 aromatic heterocycles. The van der Waals surface area contributed by atoms with E-state index < -0.39 is 5.97 Å². The fraction of sp³-hybridized carbons (Fsp3) is 0.0588. The quantitative estimate of drug-likeness (QED) is 0.516. The van der Waals surface area contributed by atoms with Crippen LogP contribution < -0.4 is 5.56 Å². The number of fused-ring (bicyclic) bond motifs is 2. The Morgan fingerprint density at radius 2 is 2.12 bits per heavy atom. The highest BCUT2D eigenvalue weighted by molar-refractivity contribution is 7.16. The first-order valence-corrected chi connectivity index (χ1v) is 8.54. The third kappa shape index (κ3) is 3.11. The van der Waals surface area contributed by atoms with Gasteiger partial charge in [0.1, 0.15) is 12.3 Å². The molecular formula is C17H10ClN3O3S. The summed E-state index contributed by atoms with van der Waals surface area (Å²) in [5, 5.41) is 0.439.